The average Bonchev–Trinajstić information content (AvgIpc) is 2.14. The number of halogens is 3. The third-order valence-corrected chi connectivity index (χ3v) is 2.82. The van der Waals surface area contributed by atoms with Gasteiger partial charge in [-0.05, 0) is 5.57 Å². The van der Waals surface area contributed by atoms with E-state index in [0.29, 0.717) is 5.57 Å². The Bertz CT molecular complexity index is 501. The molecule has 0 fully saturated rings. The highest BCUT2D eigenvalue weighted by Crippen LogP contribution is 2.41. The van der Waals surface area contributed by atoms with Crippen molar-refractivity contribution in [2.45, 2.75) is 19.8 Å². The Morgan fingerprint density at radius 2 is 1.88 bits per heavy atom. The second-order valence-electron chi connectivity index (χ2n) is 4.30. The summed E-state index contributed by atoms with van der Waals surface area (Å²) in [4.78, 5) is 3.64. The van der Waals surface area contributed by atoms with E-state index in [1.165, 1.54) is 20.0 Å². The molecule has 0 saturated heterocycles. The average molecular weight is 239 g/mol. The fourth-order valence-corrected chi connectivity index (χ4v) is 1.65. The minimum atomic E-state index is -3.20. The van der Waals surface area contributed by atoms with Crippen molar-refractivity contribution in [3.63, 3.8) is 0 Å². The molecule has 0 aromatic carbocycles. The van der Waals surface area contributed by atoms with Crippen LogP contribution < -0.4 is 0 Å². The third kappa shape index (κ3) is 1.88. The maximum Gasteiger partial charge on any atom is 0.279 e. The molecule has 0 saturated carbocycles. The van der Waals surface area contributed by atoms with Crippen molar-refractivity contribution >= 4 is 5.57 Å². The smallest absolute Gasteiger partial charge is 0.261 e. The maximum atomic E-state index is 14.0. The van der Waals surface area contributed by atoms with Crippen molar-refractivity contribution in [3.05, 3.63) is 47.6 Å². The van der Waals surface area contributed by atoms with E-state index in [9.17, 15) is 13.2 Å². The van der Waals surface area contributed by atoms with Gasteiger partial charge in [-0.1, -0.05) is 32.1 Å². The van der Waals surface area contributed by atoms with Crippen LogP contribution in [-0.2, 0) is 5.92 Å². The van der Waals surface area contributed by atoms with Gasteiger partial charge in [0.05, 0.1) is 11.8 Å². The molecule has 0 bridgehead atoms. The van der Waals surface area contributed by atoms with Crippen molar-refractivity contribution in [2.24, 2.45) is 5.92 Å². The maximum absolute atomic E-state index is 14.0. The van der Waals surface area contributed by atoms with Gasteiger partial charge in [-0.3, -0.25) is 4.98 Å². The fourth-order valence-electron chi connectivity index (χ4n) is 1.65. The van der Waals surface area contributed by atoms with Crippen LogP contribution >= 0.6 is 0 Å². The van der Waals surface area contributed by atoms with Crippen molar-refractivity contribution in [1.29, 1.82) is 0 Å². The molecule has 1 aromatic heterocycles. The largest absolute Gasteiger partial charge is 0.279 e. The van der Waals surface area contributed by atoms with E-state index >= 15 is 0 Å². The highest BCUT2D eigenvalue weighted by molar-refractivity contribution is 5.82. The molecule has 0 unspecified atom stereocenters. The van der Waals surface area contributed by atoms with Crippen LogP contribution in [0.3, 0.4) is 0 Å². The first-order valence-electron chi connectivity index (χ1n) is 5.35. The first-order valence-corrected chi connectivity index (χ1v) is 5.35. The predicted molar refractivity (Wildman–Crippen MR) is 60.0 cm³/mol. The summed E-state index contributed by atoms with van der Waals surface area (Å²) in [5.41, 5.74) is 0.205. The Kier molecular flexibility index (Phi) is 2.81. The van der Waals surface area contributed by atoms with Gasteiger partial charge < -0.3 is 0 Å². The summed E-state index contributed by atoms with van der Waals surface area (Å²) in [6.45, 7) is 2.74. The number of hydrogen-bond donors (Lipinski definition) is 0. The van der Waals surface area contributed by atoms with Crippen molar-refractivity contribution in [2.75, 3.05) is 0 Å². The van der Waals surface area contributed by atoms with E-state index in [0.717, 1.165) is 6.20 Å². The standard InChI is InChI=1S/C13H12F3N/c1-8(2)13(15,16)12-10(9-4-3-5-9)6-17-7-11(12)14/h3-8H,1-2H3. The zero-order chi connectivity index (χ0) is 12.6. The predicted octanol–water partition coefficient (Wildman–Crippen LogP) is 3.92. The minimum absolute atomic E-state index is 0.172. The van der Waals surface area contributed by atoms with E-state index in [1.54, 1.807) is 18.2 Å². The minimum Gasteiger partial charge on any atom is -0.261 e. The van der Waals surface area contributed by atoms with E-state index in [-0.39, 0.29) is 5.56 Å². The van der Waals surface area contributed by atoms with E-state index < -0.39 is 23.2 Å². The van der Waals surface area contributed by atoms with Crippen molar-refractivity contribution in [3.8, 4) is 0 Å². The van der Waals surface area contributed by atoms with Gasteiger partial charge in [0, 0.05) is 17.7 Å². The van der Waals surface area contributed by atoms with Crippen LogP contribution in [0.1, 0.15) is 25.0 Å². The van der Waals surface area contributed by atoms with Gasteiger partial charge in [0.15, 0.2) is 5.82 Å². The summed E-state index contributed by atoms with van der Waals surface area (Å²) in [5.74, 6) is -5.13. The molecule has 1 heterocycles. The highest BCUT2D eigenvalue weighted by atomic mass is 19.3. The highest BCUT2D eigenvalue weighted by Gasteiger charge is 2.40. The Morgan fingerprint density at radius 1 is 1.24 bits per heavy atom. The quantitative estimate of drug-likeness (QED) is 0.779. The SMILES string of the molecule is CC(C)C(F)(F)c1c(F)cncc1C1=CC=C1. The Balaban J connectivity index is 2.59. The molecule has 0 spiro atoms. The topological polar surface area (TPSA) is 12.9 Å². The zero-order valence-electron chi connectivity index (χ0n) is 9.55. The van der Waals surface area contributed by atoms with Gasteiger partial charge in [0.2, 0.25) is 0 Å². The van der Waals surface area contributed by atoms with Gasteiger partial charge in [-0.25, -0.2) is 13.2 Å². The molecule has 0 amide bonds. The monoisotopic (exact) mass is 239 g/mol. The first-order chi connectivity index (χ1) is 7.94. The summed E-state index contributed by atoms with van der Waals surface area (Å²) in [6.07, 6.45) is 7.16. The number of nitrogens with zero attached hydrogens (tertiary/aromatic N) is 1. The molecular formula is C13H12F3N. The Labute approximate surface area is 97.7 Å². The first kappa shape index (κ1) is 11.9. The van der Waals surface area contributed by atoms with Crippen molar-refractivity contribution < 1.29 is 13.2 Å². The lowest BCUT2D eigenvalue weighted by Gasteiger charge is -2.24. The molecule has 0 N–H and O–H groups in total. The summed E-state index contributed by atoms with van der Waals surface area (Å²) in [7, 11) is 0. The van der Waals surface area contributed by atoms with Gasteiger partial charge in [0.25, 0.3) is 5.92 Å². The number of allylic oxidation sites excluding steroid dienone is 4. The molecule has 1 nitrogen and oxygen atoms in total. The molecule has 1 aliphatic rings. The summed E-state index contributed by atoms with van der Waals surface area (Å²) in [6, 6.07) is 0. The molecule has 90 valence electrons. The number of aromatic nitrogens is 1. The second-order valence-corrected chi connectivity index (χ2v) is 4.30. The van der Waals surface area contributed by atoms with Gasteiger partial charge in [-0.2, -0.15) is 0 Å². The molecule has 0 radical (unpaired) electrons. The molecule has 0 aliphatic heterocycles. The van der Waals surface area contributed by atoms with E-state index in [4.69, 9.17) is 0 Å². The van der Waals surface area contributed by atoms with Gasteiger partial charge >= 0.3 is 0 Å². The molecule has 2 rings (SSSR count). The second kappa shape index (κ2) is 4.02. The lowest BCUT2D eigenvalue weighted by molar-refractivity contribution is -0.0547. The lowest BCUT2D eigenvalue weighted by Crippen LogP contribution is -2.24. The third-order valence-electron chi connectivity index (χ3n) is 2.82. The van der Waals surface area contributed by atoms with E-state index in [2.05, 4.69) is 4.98 Å². The van der Waals surface area contributed by atoms with Gasteiger partial charge in [0.1, 0.15) is 0 Å². The number of rotatable bonds is 3. The van der Waals surface area contributed by atoms with Crippen LogP contribution in [0.4, 0.5) is 13.2 Å². The molecule has 0 atom stereocenters. The summed E-state index contributed by atoms with van der Waals surface area (Å²) < 4.78 is 41.6. The summed E-state index contributed by atoms with van der Waals surface area (Å²) >= 11 is 0. The molecule has 4 heteroatoms. The molecule has 17 heavy (non-hydrogen) atoms. The lowest BCUT2D eigenvalue weighted by atomic mass is 9.89. The van der Waals surface area contributed by atoms with Crippen LogP contribution in [0.5, 0.6) is 0 Å². The van der Waals surface area contributed by atoms with Crippen LogP contribution in [-0.4, -0.2) is 4.98 Å². The van der Waals surface area contributed by atoms with Crippen LogP contribution in [0.25, 0.3) is 5.57 Å². The number of alkyl halides is 2. The molecular weight excluding hydrogens is 227 g/mol. The van der Waals surface area contributed by atoms with Crippen LogP contribution in [0, 0.1) is 11.7 Å². The van der Waals surface area contributed by atoms with Gasteiger partial charge in [-0.15, -0.1) is 0 Å². The Morgan fingerprint density at radius 3 is 2.35 bits per heavy atom. The van der Waals surface area contributed by atoms with E-state index in [1.807, 2.05) is 0 Å². The number of pyridine rings is 1. The van der Waals surface area contributed by atoms with Crippen LogP contribution in [0.2, 0.25) is 0 Å². The zero-order valence-corrected chi connectivity index (χ0v) is 9.55. The Hall–Kier alpha value is -1.58. The summed E-state index contributed by atoms with van der Waals surface area (Å²) in [5, 5.41) is 0. The van der Waals surface area contributed by atoms with Crippen LogP contribution in [0.15, 0.2) is 30.6 Å². The molecule has 1 aromatic rings. The molecule has 1 aliphatic carbocycles. The normalized spacial score (nSPS) is 14.8. The number of hydrogen-bond acceptors (Lipinski definition) is 1. The fraction of sp³-hybridized carbons (Fsp3) is 0.308. The van der Waals surface area contributed by atoms with Crippen molar-refractivity contribution in [1.82, 2.24) is 4.98 Å².